The van der Waals surface area contributed by atoms with Crippen LogP contribution in [0.5, 0.6) is 0 Å². The van der Waals surface area contributed by atoms with Gasteiger partial charge in [0.15, 0.2) is 0 Å². The summed E-state index contributed by atoms with van der Waals surface area (Å²) in [6.07, 6.45) is 1.48. The average molecular weight is 445 g/mol. The SMILES string of the molecule is CN1CCN(c2ccc(-c3ccc(S(=O)(=O)N4CC=C(C(N)=O)C4)cc3F)cc2)CC1. The number of sulfonamides is 1. The molecule has 1 saturated heterocycles. The Balaban J connectivity index is 1.52. The third-order valence-electron chi connectivity index (χ3n) is 5.83. The van der Waals surface area contributed by atoms with Gasteiger partial charge in [0.05, 0.1) is 4.90 Å². The molecule has 7 nitrogen and oxygen atoms in total. The number of likely N-dealkylation sites (N-methyl/N-ethyl adjacent to an activating group) is 1. The standard InChI is InChI=1S/C22H25FN4O3S/c1-25-10-12-26(13-11-25)18-4-2-16(3-5-18)20-7-6-19(14-21(20)23)31(29,30)27-9-8-17(15-27)22(24)28/h2-8,14H,9-13,15H2,1H3,(H2,24,28). The van der Waals surface area contributed by atoms with Crippen molar-refractivity contribution in [3.05, 3.63) is 59.9 Å². The summed E-state index contributed by atoms with van der Waals surface area (Å²) in [7, 11) is -1.83. The fourth-order valence-electron chi connectivity index (χ4n) is 3.85. The van der Waals surface area contributed by atoms with Crippen LogP contribution in [0.3, 0.4) is 0 Å². The molecular formula is C22H25FN4O3S. The van der Waals surface area contributed by atoms with Crippen molar-refractivity contribution in [2.75, 3.05) is 51.2 Å². The van der Waals surface area contributed by atoms with Gasteiger partial charge in [-0.1, -0.05) is 24.3 Å². The molecule has 4 rings (SSSR count). The molecule has 0 spiro atoms. The van der Waals surface area contributed by atoms with Crippen LogP contribution in [0.25, 0.3) is 11.1 Å². The van der Waals surface area contributed by atoms with Crippen LogP contribution >= 0.6 is 0 Å². The Morgan fingerprint density at radius 2 is 1.71 bits per heavy atom. The van der Waals surface area contributed by atoms with Crippen molar-refractivity contribution in [1.29, 1.82) is 0 Å². The largest absolute Gasteiger partial charge is 0.369 e. The quantitative estimate of drug-likeness (QED) is 0.758. The number of halogens is 1. The van der Waals surface area contributed by atoms with Gasteiger partial charge in [-0.25, -0.2) is 12.8 Å². The lowest BCUT2D eigenvalue weighted by atomic mass is 10.0. The summed E-state index contributed by atoms with van der Waals surface area (Å²) in [6.45, 7) is 3.82. The van der Waals surface area contributed by atoms with Crippen molar-refractivity contribution in [2.45, 2.75) is 4.90 Å². The summed E-state index contributed by atoms with van der Waals surface area (Å²) < 4.78 is 41.6. The number of primary amides is 1. The van der Waals surface area contributed by atoms with Crippen molar-refractivity contribution in [3.8, 4) is 11.1 Å². The van der Waals surface area contributed by atoms with Crippen LogP contribution in [-0.2, 0) is 14.8 Å². The fraction of sp³-hybridized carbons (Fsp3) is 0.318. The molecule has 164 valence electrons. The van der Waals surface area contributed by atoms with Gasteiger partial charge in [-0.2, -0.15) is 4.31 Å². The van der Waals surface area contributed by atoms with Gasteiger partial charge < -0.3 is 15.5 Å². The molecule has 0 aromatic heterocycles. The van der Waals surface area contributed by atoms with Gasteiger partial charge >= 0.3 is 0 Å². The summed E-state index contributed by atoms with van der Waals surface area (Å²) in [6, 6.07) is 11.5. The number of anilines is 1. The van der Waals surface area contributed by atoms with Gasteiger partial charge in [-0.15, -0.1) is 0 Å². The number of nitrogens with zero attached hydrogens (tertiary/aromatic N) is 3. The minimum Gasteiger partial charge on any atom is -0.369 e. The zero-order valence-corrected chi connectivity index (χ0v) is 18.1. The Kier molecular flexibility index (Phi) is 5.83. The predicted octanol–water partition coefficient (Wildman–Crippen LogP) is 1.66. The lowest BCUT2D eigenvalue weighted by molar-refractivity contribution is -0.114. The molecular weight excluding hydrogens is 419 g/mol. The number of rotatable bonds is 5. The molecule has 31 heavy (non-hydrogen) atoms. The van der Waals surface area contributed by atoms with Crippen molar-refractivity contribution >= 4 is 21.6 Å². The van der Waals surface area contributed by atoms with E-state index in [4.69, 9.17) is 5.73 Å². The normalized spacial score (nSPS) is 18.3. The first-order valence-electron chi connectivity index (χ1n) is 10.1. The van der Waals surface area contributed by atoms with E-state index >= 15 is 0 Å². The van der Waals surface area contributed by atoms with Gasteiger partial charge in [0.25, 0.3) is 0 Å². The van der Waals surface area contributed by atoms with E-state index in [9.17, 15) is 17.6 Å². The van der Waals surface area contributed by atoms with E-state index in [1.807, 2.05) is 24.3 Å². The van der Waals surface area contributed by atoms with E-state index in [0.29, 0.717) is 11.1 Å². The first kappa shape index (κ1) is 21.5. The second-order valence-corrected chi connectivity index (χ2v) is 9.81. The molecule has 0 radical (unpaired) electrons. The number of amides is 1. The van der Waals surface area contributed by atoms with Gasteiger partial charge in [0, 0.05) is 56.1 Å². The summed E-state index contributed by atoms with van der Waals surface area (Å²) in [5, 5.41) is 0. The Morgan fingerprint density at radius 3 is 2.29 bits per heavy atom. The zero-order chi connectivity index (χ0) is 22.2. The monoisotopic (exact) mass is 444 g/mol. The van der Waals surface area contributed by atoms with Crippen LogP contribution in [0.15, 0.2) is 59.0 Å². The van der Waals surface area contributed by atoms with Crippen LogP contribution in [0.4, 0.5) is 10.1 Å². The molecule has 9 heteroatoms. The van der Waals surface area contributed by atoms with E-state index in [0.717, 1.165) is 42.2 Å². The van der Waals surface area contributed by atoms with Crippen LogP contribution in [0, 0.1) is 5.82 Å². The molecule has 2 aliphatic heterocycles. The first-order chi connectivity index (χ1) is 14.8. The molecule has 1 fully saturated rings. The van der Waals surface area contributed by atoms with E-state index in [1.165, 1.54) is 18.2 Å². The minimum atomic E-state index is -3.93. The molecule has 1 amide bonds. The van der Waals surface area contributed by atoms with E-state index in [2.05, 4.69) is 16.8 Å². The number of benzene rings is 2. The molecule has 0 atom stereocenters. The topological polar surface area (TPSA) is 87.0 Å². The summed E-state index contributed by atoms with van der Waals surface area (Å²) in [4.78, 5) is 15.7. The van der Waals surface area contributed by atoms with Crippen molar-refractivity contribution < 1.29 is 17.6 Å². The van der Waals surface area contributed by atoms with Gasteiger partial charge in [0.2, 0.25) is 15.9 Å². The lowest BCUT2D eigenvalue weighted by Crippen LogP contribution is -2.44. The number of nitrogens with two attached hydrogens (primary N) is 1. The van der Waals surface area contributed by atoms with Gasteiger partial charge in [-0.3, -0.25) is 4.79 Å². The molecule has 2 N–H and O–H groups in total. The first-order valence-corrected chi connectivity index (χ1v) is 11.5. The Bertz CT molecular complexity index is 1120. The predicted molar refractivity (Wildman–Crippen MR) is 118 cm³/mol. The highest BCUT2D eigenvalue weighted by Gasteiger charge is 2.30. The number of carbonyl (C=O) groups excluding carboxylic acids is 1. The maximum atomic E-state index is 14.9. The fourth-order valence-corrected chi connectivity index (χ4v) is 5.22. The van der Waals surface area contributed by atoms with Gasteiger partial charge in [-0.05, 0) is 36.9 Å². The number of hydrogen-bond donors (Lipinski definition) is 1. The molecule has 0 bridgehead atoms. The maximum absolute atomic E-state index is 14.9. The van der Waals surface area contributed by atoms with Crippen molar-refractivity contribution in [2.24, 2.45) is 5.73 Å². The zero-order valence-electron chi connectivity index (χ0n) is 17.3. The molecule has 0 unspecified atom stereocenters. The minimum absolute atomic E-state index is 0.0394. The van der Waals surface area contributed by atoms with E-state index in [1.54, 1.807) is 0 Å². The molecule has 2 aliphatic rings. The number of piperazine rings is 1. The highest BCUT2D eigenvalue weighted by molar-refractivity contribution is 7.89. The highest BCUT2D eigenvalue weighted by Crippen LogP contribution is 2.29. The van der Waals surface area contributed by atoms with E-state index in [-0.39, 0.29) is 23.6 Å². The maximum Gasteiger partial charge on any atom is 0.245 e. The second kappa shape index (κ2) is 8.41. The van der Waals surface area contributed by atoms with E-state index < -0.39 is 21.7 Å². The summed E-state index contributed by atoms with van der Waals surface area (Å²) in [5.74, 6) is -1.27. The Hall–Kier alpha value is -2.75. The third kappa shape index (κ3) is 4.34. The van der Waals surface area contributed by atoms with Crippen LogP contribution in [0.1, 0.15) is 0 Å². The number of hydrogen-bond acceptors (Lipinski definition) is 5. The summed E-state index contributed by atoms with van der Waals surface area (Å²) >= 11 is 0. The molecule has 0 aliphatic carbocycles. The second-order valence-electron chi connectivity index (χ2n) is 7.87. The molecule has 0 saturated carbocycles. The van der Waals surface area contributed by atoms with Crippen molar-refractivity contribution in [1.82, 2.24) is 9.21 Å². The molecule has 2 aromatic carbocycles. The number of carbonyl (C=O) groups is 1. The Morgan fingerprint density at radius 1 is 1.03 bits per heavy atom. The van der Waals surface area contributed by atoms with Crippen LogP contribution < -0.4 is 10.6 Å². The van der Waals surface area contributed by atoms with Crippen molar-refractivity contribution in [3.63, 3.8) is 0 Å². The van der Waals surface area contributed by atoms with Crippen LogP contribution in [-0.4, -0.2) is 69.8 Å². The average Bonchev–Trinajstić information content (AvgIpc) is 3.26. The highest BCUT2D eigenvalue weighted by atomic mass is 32.2. The lowest BCUT2D eigenvalue weighted by Gasteiger charge is -2.34. The smallest absolute Gasteiger partial charge is 0.245 e. The Labute approximate surface area is 181 Å². The third-order valence-corrected chi connectivity index (χ3v) is 7.64. The molecule has 2 aromatic rings. The molecule has 2 heterocycles. The van der Waals surface area contributed by atoms with Crippen LogP contribution in [0.2, 0.25) is 0 Å². The summed E-state index contributed by atoms with van der Waals surface area (Å²) in [5.41, 5.74) is 7.56. The van der Waals surface area contributed by atoms with Gasteiger partial charge in [0.1, 0.15) is 5.82 Å².